The van der Waals surface area contributed by atoms with Crippen LogP contribution in [0, 0.1) is 0 Å². The number of nitrogens with zero attached hydrogens (tertiary/aromatic N) is 3. The molecule has 31 heavy (non-hydrogen) atoms. The third kappa shape index (κ3) is 4.85. The second kappa shape index (κ2) is 9.43. The van der Waals surface area contributed by atoms with Gasteiger partial charge < -0.3 is 10.2 Å². The van der Waals surface area contributed by atoms with E-state index in [4.69, 9.17) is 0 Å². The average molecular weight is 419 g/mol. The lowest BCUT2D eigenvalue weighted by atomic mass is 9.82. The molecule has 2 saturated heterocycles. The molecule has 0 radical (unpaired) electrons. The standard InChI is InChI=1S/C25H30N4O2/c1-28-20-11-8-12-21(28)16-19(15-20)27-25(31)24(30)22-13-6-7-14-23(22)29(2)26-17-18-9-4-3-5-10-18/h3-7,9-10,13-14,17,19-21H,8,11-12,15-16H2,1-2H3,(H,27,31)/b26-17+/t19?,20-,21+. The SMILES string of the molecule is CN(/N=C/c1ccccc1)c1ccccc1C(=O)C(=O)NC1C[C@H]2CCC[C@@H](C1)N2C. The zero-order valence-corrected chi connectivity index (χ0v) is 18.2. The van der Waals surface area contributed by atoms with Crippen LogP contribution >= 0.6 is 0 Å². The molecule has 0 aromatic heterocycles. The number of hydrogen-bond acceptors (Lipinski definition) is 5. The number of para-hydroxylation sites is 1. The van der Waals surface area contributed by atoms with E-state index >= 15 is 0 Å². The van der Waals surface area contributed by atoms with Crippen molar-refractivity contribution in [3.05, 3.63) is 65.7 Å². The van der Waals surface area contributed by atoms with Crippen LogP contribution in [-0.4, -0.2) is 55.0 Å². The molecule has 2 aromatic rings. The predicted molar refractivity (Wildman–Crippen MR) is 124 cm³/mol. The van der Waals surface area contributed by atoms with Gasteiger partial charge in [-0.05, 0) is 50.4 Å². The first kappa shape index (κ1) is 21.2. The van der Waals surface area contributed by atoms with Gasteiger partial charge in [-0.1, -0.05) is 48.9 Å². The molecule has 3 atom stereocenters. The Kier molecular flexibility index (Phi) is 6.47. The molecular weight excluding hydrogens is 388 g/mol. The van der Waals surface area contributed by atoms with Gasteiger partial charge in [0.15, 0.2) is 0 Å². The number of rotatable bonds is 6. The molecular formula is C25H30N4O2. The molecule has 0 spiro atoms. The number of hydrazone groups is 1. The van der Waals surface area contributed by atoms with Crippen molar-refractivity contribution in [3.63, 3.8) is 0 Å². The number of fused-ring (bicyclic) bond motifs is 2. The van der Waals surface area contributed by atoms with Crippen molar-refractivity contribution in [2.24, 2.45) is 5.10 Å². The van der Waals surface area contributed by atoms with Crippen LogP contribution in [0.3, 0.4) is 0 Å². The first-order valence-corrected chi connectivity index (χ1v) is 11.0. The third-order valence-corrected chi connectivity index (χ3v) is 6.56. The Labute approximate surface area is 183 Å². The van der Waals surface area contributed by atoms with E-state index in [2.05, 4.69) is 22.4 Å². The van der Waals surface area contributed by atoms with Crippen LogP contribution in [-0.2, 0) is 4.79 Å². The smallest absolute Gasteiger partial charge is 0.292 e. The van der Waals surface area contributed by atoms with Crippen molar-refractivity contribution < 1.29 is 9.59 Å². The molecule has 2 aliphatic heterocycles. The summed E-state index contributed by atoms with van der Waals surface area (Å²) in [6.45, 7) is 0. The fraction of sp³-hybridized carbons (Fsp3) is 0.400. The van der Waals surface area contributed by atoms with Crippen molar-refractivity contribution in [3.8, 4) is 0 Å². The fourth-order valence-corrected chi connectivity index (χ4v) is 4.81. The van der Waals surface area contributed by atoms with E-state index in [1.165, 1.54) is 19.3 Å². The highest BCUT2D eigenvalue weighted by molar-refractivity contribution is 6.44. The minimum absolute atomic E-state index is 0.0592. The summed E-state index contributed by atoms with van der Waals surface area (Å²) in [6.07, 6.45) is 7.14. The van der Waals surface area contributed by atoms with Crippen LogP contribution in [0.15, 0.2) is 59.7 Å². The molecule has 162 valence electrons. The lowest BCUT2D eigenvalue weighted by molar-refractivity contribution is -0.118. The van der Waals surface area contributed by atoms with Gasteiger partial charge in [0.2, 0.25) is 0 Å². The molecule has 6 nitrogen and oxygen atoms in total. The highest BCUT2D eigenvalue weighted by Crippen LogP contribution is 2.32. The van der Waals surface area contributed by atoms with Crippen LogP contribution in [0.1, 0.15) is 48.0 Å². The van der Waals surface area contributed by atoms with Gasteiger partial charge in [0.05, 0.1) is 17.5 Å². The van der Waals surface area contributed by atoms with E-state index in [1.807, 2.05) is 42.5 Å². The van der Waals surface area contributed by atoms with Crippen molar-refractivity contribution in [1.29, 1.82) is 0 Å². The maximum absolute atomic E-state index is 13.0. The van der Waals surface area contributed by atoms with E-state index in [-0.39, 0.29) is 6.04 Å². The molecule has 1 amide bonds. The number of Topliss-reactive ketones (excluding diaryl/α,β-unsaturated/α-hetero) is 1. The molecule has 2 heterocycles. The Morgan fingerprint density at radius 3 is 2.39 bits per heavy atom. The first-order chi connectivity index (χ1) is 15.0. The van der Waals surface area contributed by atoms with Crippen LogP contribution in [0.4, 0.5) is 5.69 Å². The average Bonchev–Trinajstić information content (AvgIpc) is 2.78. The topological polar surface area (TPSA) is 65.0 Å². The van der Waals surface area contributed by atoms with Gasteiger partial charge in [-0.25, -0.2) is 0 Å². The van der Waals surface area contributed by atoms with Crippen molar-refractivity contribution >= 4 is 23.6 Å². The summed E-state index contributed by atoms with van der Waals surface area (Å²) in [7, 11) is 3.96. The summed E-state index contributed by atoms with van der Waals surface area (Å²) in [4.78, 5) is 28.3. The number of anilines is 1. The van der Waals surface area contributed by atoms with Crippen molar-refractivity contribution in [1.82, 2.24) is 10.2 Å². The maximum Gasteiger partial charge on any atom is 0.292 e. The van der Waals surface area contributed by atoms with E-state index in [0.717, 1.165) is 18.4 Å². The van der Waals surface area contributed by atoms with Crippen LogP contribution in [0.25, 0.3) is 0 Å². The second-order valence-electron chi connectivity index (χ2n) is 8.57. The van der Waals surface area contributed by atoms with Gasteiger partial charge >= 0.3 is 0 Å². The molecule has 0 aliphatic carbocycles. The molecule has 0 saturated carbocycles. The highest BCUT2D eigenvalue weighted by Gasteiger charge is 2.37. The summed E-state index contributed by atoms with van der Waals surface area (Å²) in [5, 5.41) is 9.10. The molecule has 4 rings (SSSR count). The number of piperidine rings is 2. The van der Waals surface area contributed by atoms with Gasteiger partial charge in [0.1, 0.15) is 0 Å². The monoisotopic (exact) mass is 418 g/mol. The number of nitrogens with one attached hydrogen (secondary N) is 1. The molecule has 1 unspecified atom stereocenters. The van der Waals surface area contributed by atoms with Gasteiger partial charge in [0.25, 0.3) is 11.7 Å². The van der Waals surface area contributed by atoms with Crippen LogP contribution in [0.5, 0.6) is 0 Å². The Morgan fingerprint density at radius 2 is 1.68 bits per heavy atom. The van der Waals surface area contributed by atoms with E-state index < -0.39 is 11.7 Å². The molecule has 2 aliphatic rings. The maximum atomic E-state index is 13.0. The quantitative estimate of drug-likeness (QED) is 0.338. The summed E-state index contributed by atoms with van der Waals surface area (Å²) in [5.74, 6) is -1.04. The Bertz CT molecular complexity index is 945. The second-order valence-corrected chi connectivity index (χ2v) is 8.57. The predicted octanol–water partition coefficient (Wildman–Crippen LogP) is 3.47. The lowest BCUT2D eigenvalue weighted by Gasteiger charge is -2.47. The van der Waals surface area contributed by atoms with Crippen molar-refractivity contribution in [2.45, 2.75) is 50.2 Å². The normalized spacial score (nSPS) is 23.5. The minimum Gasteiger partial charge on any atom is -0.346 e. The minimum atomic E-state index is -0.527. The number of benzene rings is 2. The van der Waals surface area contributed by atoms with Gasteiger partial charge in [-0.3, -0.25) is 14.6 Å². The zero-order valence-electron chi connectivity index (χ0n) is 18.2. The van der Waals surface area contributed by atoms with Gasteiger partial charge in [0, 0.05) is 25.2 Å². The Balaban J connectivity index is 1.45. The number of ketones is 1. The van der Waals surface area contributed by atoms with Crippen molar-refractivity contribution in [2.75, 3.05) is 19.1 Å². The zero-order chi connectivity index (χ0) is 21.8. The summed E-state index contributed by atoms with van der Waals surface area (Å²) < 4.78 is 0. The number of hydrogen-bond donors (Lipinski definition) is 1. The molecule has 6 heteroatoms. The fourth-order valence-electron chi connectivity index (χ4n) is 4.81. The van der Waals surface area contributed by atoms with Crippen LogP contribution in [0.2, 0.25) is 0 Å². The number of carbonyl (C=O) groups excluding carboxylic acids is 2. The Hall–Kier alpha value is -2.99. The molecule has 2 aromatic carbocycles. The number of amides is 1. The molecule has 2 bridgehead atoms. The lowest BCUT2D eigenvalue weighted by Crippen LogP contribution is -2.56. The third-order valence-electron chi connectivity index (χ3n) is 6.56. The van der Waals surface area contributed by atoms with E-state index in [9.17, 15) is 9.59 Å². The highest BCUT2D eigenvalue weighted by atomic mass is 16.2. The van der Waals surface area contributed by atoms with Gasteiger partial charge in [-0.2, -0.15) is 5.10 Å². The molecule has 2 fully saturated rings. The van der Waals surface area contributed by atoms with E-state index in [0.29, 0.717) is 23.3 Å². The Morgan fingerprint density at radius 1 is 1.03 bits per heavy atom. The van der Waals surface area contributed by atoms with E-state index in [1.54, 1.807) is 30.4 Å². The summed E-state index contributed by atoms with van der Waals surface area (Å²) >= 11 is 0. The molecule has 1 N–H and O–H groups in total. The number of carbonyl (C=O) groups is 2. The largest absolute Gasteiger partial charge is 0.346 e. The van der Waals surface area contributed by atoms with Gasteiger partial charge in [-0.15, -0.1) is 0 Å². The summed E-state index contributed by atoms with van der Waals surface area (Å²) in [6, 6.07) is 17.9. The summed E-state index contributed by atoms with van der Waals surface area (Å²) in [5.41, 5.74) is 1.93. The van der Waals surface area contributed by atoms with Crippen LogP contribution < -0.4 is 10.3 Å². The first-order valence-electron chi connectivity index (χ1n) is 11.0.